The second kappa shape index (κ2) is 7.60. The summed E-state index contributed by atoms with van der Waals surface area (Å²) < 4.78 is 35.5. The van der Waals surface area contributed by atoms with Crippen molar-refractivity contribution in [1.82, 2.24) is 14.5 Å². The molecule has 5 rings (SSSR count). The minimum Gasteiger partial charge on any atom is -0.375 e. The first-order chi connectivity index (χ1) is 14.9. The number of pyridine rings is 1. The molecule has 1 atom stereocenters. The number of carbonyl (C=O) groups is 1. The molecule has 0 fully saturated rings. The second-order valence-corrected chi connectivity index (χ2v) is 8.43. The van der Waals surface area contributed by atoms with Crippen LogP contribution in [-0.4, -0.2) is 40.6 Å². The van der Waals surface area contributed by atoms with Crippen LogP contribution in [0.2, 0.25) is 0 Å². The number of amides is 1. The van der Waals surface area contributed by atoms with Crippen LogP contribution in [0, 0.1) is 11.6 Å². The van der Waals surface area contributed by atoms with Gasteiger partial charge < -0.3 is 19.2 Å². The molecule has 2 aliphatic heterocycles. The maximum atomic E-state index is 14.0. The number of carbonyl (C=O) groups excluding carboxylic acids is 1. The van der Waals surface area contributed by atoms with Crippen molar-refractivity contribution in [2.24, 2.45) is 0 Å². The van der Waals surface area contributed by atoms with Gasteiger partial charge >= 0.3 is 0 Å². The Kier molecular flexibility index (Phi) is 4.89. The van der Waals surface area contributed by atoms with Gasteiger partial charge in [-0.2, -0.15) is 0 Å². The number of H-pyrrole nitrogens is 1. The maximum Gasteiger partial charge on any atom is 0.256 e. The quantitative estimate of drug-likeness (QED) is 0.697. The van der Waals surface area contributed by atoms with Crippen molar-refractivity contribution >= 4 is 16.7 Å². The molecule has 1 amide bonds. The molecular weight excluding hydrogens is 404 g/mol. The highest BCUT2D eigenvalue weighted by Gasteiger charge is 2.29. The molecule has 4 heterocycles. The molecule has 8 heteroatoms. The summed E-state index contributed by atoms with van der Waals surface area (Å²) in [4.78, 5) is 29.8. The number of ether oxygens (including phenoxy) is 1. The van der Waals surface area contributed by atoms with E-state index in [-0.39, 0.29) is 23.8 Å². The Bertz CT molecular complexity index is 1220. The van der Waals surface area contributed by atoms with Crippen molar-refractivity contribution in [3.8, 4) is 0 Å². The van der Waals surface area contributed by atoms with Gasteiger partial charge in [-0.25, -0.2) is 8.78 Å². The van der Waals surface area contributed by atoms with Crippen molar-refractivity contribution in [2.75, 3.05) is 20.2 Å². The van der Waals surface area contributed by atoms with Crippen LogP contribution in [0.5, 0.6) is 0 Å². The summed E-state index contributed by atoms with van der Waals surface area (Å²) in [6, 6.07) is 3.95. The summed E-state index contributed by atoms with van der Waals surface area (Å²) in [6.45, 7) is 1.75. The topological polar surface area (TPSA) is 67.3 Å². The number of nitrogens with zero attached hydrogens (tertiary/aromatic N) is 2. The van der Waals surface area contributed by atoms with Crippen LogP contribution < -0.4 is 5.56 Å². The molecule has 0 bridgehead atoms. The zero-order valence-electron chi connectivity index (χ0n) is 17.2. The monoisotopic (exact) mass is 427 g/mol. The first-order valence-corrected chi connectivity index (χ1v) is 10.5. The summed E-state index contributed by atoms with van der Waals surface area (Å²) in [5.74, 6) is -2.44. The zero-order valence-corrected chi connectivity index (χ0v) is 17.2. The molecule has 0 saturated heterocycles. The summed E-state index contributed by atoms with van der Waals surface area (Å²) in [6.07, 6.45) is 5.13. The van der Waals surface area contributed by atoms with E-state index < -0.39 is 17.2 Å². The van der Waals surface area contributed by atoms with E-state index in [1.807, 2.05) is 12.3 Å². The largest absolute Gasteiger partial charge is 0.375 e. The zero-order chi connectivity index (χ0) is 21.7. The number of benzene rings is 1. The SMILES string of the molecule is CN(C[C@@H]1COCc2[nH]c(=O)c3cc(F)c(F)cc3c21)C(=O)c1cc2n(c1)CCCC2. The third kappa shape index (κ3) is 3.44. The summed E-state index contributed by atoms with van der Waals surface area (Å²) in [5.41, 5.74) is 2.59. The van der Waals surface area contributed by atoms with Gasteiger partial charge in [0.2, 0.25) is 0 Å². The van der Waals surface area contributed by atoms with E-state index in [1.54, 1.807) is 11.9 Å². The Morgan fingerprint density at radius 2 is 2.00 bits per heavy atom. The number of nitrogens with one attached hydrogen (secondary N) is 1. The number of hydrogen-bond donors (Lipinski definition) is 1. The van der Waals surface area contributed by atoms with E-state index in [2.05, 4.69) is 9.55 Å². The van der Waals surface area contributed by atoms with Crippen molar-refractivity contribution in [3.63, 3.8) is 0 Å². The highest BCUT2D eigenvalue weighted by Crippen LogP contribution is 2.32. The molecule has 162 valence electrons. The predicted molar refractivity (Wildman–Crippen MR) is 111 cm³/mol. The van der Waals surface area contributed by atoms with Gasteiger partial charge in [0.15, 0.2) is 11.6 Å². The Labute approximate surface area is 177 Å². The van der Waals surface area contributed by atoms with Crippen LogP contribution >= 0.6 is 0 Å². The molecule has 6 nitrogen and oxygen atoms in total. The number of aromatic nitrogens is 2. The molecule has 1 aromatic carbocycles. The fourth-order valence-corrected chi connectivity index (χ4v) is 4.82. The van der Waals surface area contributed by atoms with Crippen LogP contribution in [0.25, 0.3) is 10.8 Å². The van der Waals surface area contributed by atoms with E-state index >= 15 is 0 Å². The minimum atomic E-state index is -1.06. The third-order valence-electron chi connectivity index (χ3n) is 6.31. The van der Waals surface area contributed by atoms with E-state index in [4.69, 9.17) is 4.74 Å². The lowest BCUT2D eigenvalue weighted by molar-refractivity contribution is 0.0651. The molecule has 31 heavy (non-hydrogen) atoms. The Hall–Kier alpha value is -3.00. The van der Waals surface area contributed by atoms with Crippen LogP contribution in [0.1, 0.15) is 46.1 Å². The molecule has 1 N–H and O–H groups in total. The fourth-order valence-electron chi connectivity index (χ4n) is 4.82. The number of fused-ring (bicyclic) bond motifs is 4. The normalized spacial score (nSPS) is 18.0. The average Bonchev–Trinajstić information content (AvgIpc) is 3.19. The van der Waals surface area contributed by atoms with E-state index in [1.165, 1.54) is 5.69 Å². The molecule has 0 spiro atoms. The highest BCUT2D eigenvalue weighted by atomic mass is 19.2. The molecular formula is C23H23F2N3O3. The van der Waals surface area contributed by atoms with Crippen LogP contribution in [0.3, 0.4) is 0 Å². The molecule has 2 aromatic heterocycles. The van der Waals surface area contributed by atoms with Gasteiger partial charge in [-0.1, -0.05) is 0 Å². The maximum absolute atomic E-state index is 14.0. The Morgan fingerprint density at radius 1 is 1.23 bits per heavy atom. The summed E-state index contributed by atoms with van der Waals surface area (Å²) in [7, 11) is 1.72. The third-order valence-corrected chi connectivity index (χ3v) is 6.31. The Balaban J connectivity index is 1.48. The molecule has 0 saturated carbocycles. The number of aryl methyl sites for hydroxylation is 2. The molecule has 0 aliphatic carbocycles. The lowest BCUT2D eigenvalue weighted by Gasteiger charge is -2.30. The molecule has 3 aromatic rings. The van der Waals surface area contributed by atoms with Gasteiger partial charge in [-0.3, -0.25) is 9.59 Å². The summed E-state index contributed by atoms with van der Waals surface area (Å²) >= 11 is 0. The average molecular weight is 427 g/mol. The van der Waals surface area contributed by atoms with E-state index in [0.717, 1.165) is 37.9 Å². The van der Waals surface area contributed by atoms with Gasteiger partial charge in [0.1, 0.15) is 0 Å². The predicted octanol–water partition coefficient (Wildman–Crippen LogP) is 3.33. The molecule has 0 unspecified atom stereocenters. The van der Waals surface area contributed by atoms with E-state index in [0.29, 0.717) is 35.4 Å². The van der Waals surface area contributed by atoms with E-state index in [9.17, 15) is 18.4 Å². The van der Waals surface area contributed by atoms with Crippen molar-refractivity contribution in [3.05, 3.63) is 68.9 Å². The van der Waals surface area contributed by atoms with Crippen LogP contribution in [0.15, 0.2) is 29.2 Å². The Morgan fingerprint density at radius 3 is 2.77 bits per heavy atom. The van der Waals surface area contributed by atoms with Gasteiger partial charge in [0.05, 0.1) is 24.2 Å². The second-order valence-electron chi connectivity index (χ2n) is 8.43. The molecule has 2 aliphatic rings. The number of aromatic amines is 1. The van der Waals surface area contributed by atoms with Crippen LogP contribution in [-0.2, 0) is 24.3 Å². The highest BCUT2D eigenvalue weighted by molar-refractivity contribution is 5.94. The van der Waals surface area contributed by atoms with Gasteiger partial charge in [-0.05, 0) is 48.4 Å². The minimum absolute atomic E-state index is 0.0960. The fraction of sp³-hybridized carbons (Fsp3) is 0.391. The number of likely N-dealkylation sites (N-methyl/N-ethyl adjacent to an activating group) is 1. The first kappa shape index (κ1) is 19.9. The van der Waals surface area contributed by atoms with Gasteiger partial charge in [0.25, 0.3) is 11.5 Å². The first-order valence-electron chi connectivity index (χ1n) is 10.5. The number of hydrogen-bond acceptors (Lipinski definition) is 3. The van der Waals surface area contributed by atoms with Crippen molar-refractivity contribution < 1.29 is 18.3 Å². The van der Waals surface area contributed by atoms with Gasteiger partial charge in [-0.15, -0.1) is 0 Å². The molecule has 0 radical (unpaired) electrons. The number of rotatable bonds is 3. The lowest BCUT2D eigenvalue weighted by atomic mass is 9.90. The summed E-state index contributed by atoms with van der Waals surface area (Å²) in [5, 5.41) is 0.463. The standard InChI is InChI=1S/C23H23F2N3O3/c1-27(23(30)13-6-15-4-2-3-5-28(15)10-13)9-14-11-31-12-20-21(14)16-7-18(24)19(25)8-17(16)22(29)26-20/h6-8,10,14H,2-5,9,11-12H2,1H3,(H,26,29)/t14-/m1/s1. The lowest BCUT2D eigenvalue weighted by Crippen LogP contribution is -2.35. The number of halogens is 2. The smallest absolute Gasteiger partial charge is 0.256 e. The van der Waals surface area contributed by atoms with Crippen LogP contribution in [0.4, 0.5) is 8.78 Å². The van der Waals surface area contributed by atoms with Crippen molar-refractivity contribution in [2.45, 2.75) is 38.3 Å². The van der Waals surface area contributed by atoms with Gasteiger partial charge in [0, 0.05) is 43.6 Å². The van der Waals surface area contributed by atoms with Crippen molar-refractivity contribution in [1.29, 1.82) is 0 Å².